The number of aryl methyl sites for hydroxylation is 2. The molecule has 3 aliphatic rings. The second-order valence-electron chi connectivity index (χ2n) is 8.37. The first-order valence-electron chi connectivity index (χ1n) is 10.7. The van der Waals surface area contributed by atoms with Gasteiger partial charge >= 0.3 is 0 Å². The highest BCUT2D eigenvalue weighted by atomic mass is 32.1. The minimum Gasteiger partial charge on any atom is -0.370 e. The molecule has 0 aliphatic carbocycles. The predicted octanol–water partition coefficient (Wildman–Crippen LogP) is 4.03. The molecular formula is C22H31N3O2S. The molecule has 28 heavy (non-hydrogen) atoms. The molecule has 0 aromatic carbocycles. The van der Waals surface area contributed by atoms with E-state index in [2.05, 4.69) is 34.3 Å². The van der Waals surface area contributed by atoms with Gasteiger partial charge in [-0.3, -0.25) is 4.90 Å². The summed E-state index contributed by atoms with van der Waals surface area (Å²) >= 11 is 2.01. The number of nitrogens with zero attached hydrogens (tertiary/aromatic N) is 1. The highest BCUT2D eigenvalue weighted by molar-refractivity contribution is 7.12. The van der Waals surface area contributed by atoms with Crippen LogP contribution >= 0.6 is 11.3 Å². The molecule has 0 bridgehead atoms. The van der Waals surface area contributed by atoms with Crippen molar-refractivity contribution in [2.75, 3.05) is 32.1 Å². The van der Waals surface area contributed by atoms with E-state index in [1.54, 1.807) is 12.0 Å². The third-order valence-electron chi connectivity index (χ3n) is 6.68. The topological polar surface area (TPSA) is 49.5 Å². The molecule has 1 spiro atoms. The minimum atomic E-state index is -0.0315. The van der Waals surface area contributed by atoms with Gasteiger partial charge in [0.2, 0.25) is 0 Å². The Morgan fingerprint density at radius 3 is 2.93 bits per heavy atom. The molecule has 0 saturated carbocycles. The Morgan fingerprint density at radius 1 is 1.29 bits per heavy atom. The molecule has 5 heterocycles. The maximum Gasteiger partial charge on any atom is 0.127 e. The number of nitrogens with one attached hydrogen (secondary N) is 2. The van der Waals surface area contributed by atoms with Crippen LogP contribution < -0.4 is 5.32 Å². The van der Waals surface area contributed by atoms with Gasteiger partial charge in [0.05, 0.1) is 17.9 Å². The average Bonchev–Trinajstić information content (AvgIpc) is 3.33. The zero-order valence-corrected chi connectivity index (χ0v) is 17.8. The molecule has 2 aromatic heterocycles. The van der Waals surface area contributed by atoms with E-state index in [9.17, 15) is 0 Å². The first-order chi connectivity index (χ1) is 13.7. The van der Waals surface area contributed by atoms with Gasteiger partial charge < -0.3 is 19.8 Å². The summed E-state index contributed by atoms with van der Waals surface area (Å²) in [5.41, 5.74) is 5.32. The van der Waals surface area contributed by atoms with Crippen molar-refractivity contribution in [3.05, 3.63) is 38.8 Å². The number of rotatable bonds is 4. The van der Waals surface area contributed by atoms with Crippen LogP contribution in [0.15, 0.2) is 12.1 Å². The highest BCUT2D eigenvalue weighted by Gasteiger charge is 2.41. The zero-order chi connectivity index (χ0) is 19.1. The first kappa shape index (κ1) is 18.7. The highest BCUT2D eigenvalue weighted by Crippen LogP contribution is 2.45. The second-order valence-corrected chi connectivity index (χ2v) is 9.59. The van der Waals surface area contributed by atoms with Gasteiger partial charge in [-0.1, -0.05) is 6.92 Å². The molecule has 152 valence electrons. The molecule has 0 amide bonds. The molecule has 5 rings (SSSR count). The van der Waals surface area contributed by atoms with E-state index in [-0.39, 0.29) is 11.8 Å². The lowest BCUT2D eigenvalue weighted by Crippen LogP contribution is -2.45. The number of hydrogen-bond donors (Lipinski definition) is 2. The maximum absolute atomic E-state index is 6.43. The van der Waals surface area contributed by atoms with Gasteiger partial charge in [-0.15, -0.1) is 11.3 Å². The molecule has 3 aliphatic heterocycles. The summed E-state index contributed by atoms with van der Waals surface area (Å²) in [7, 11) is 1.77. The van der Waals surface area contributed by atoms with E-state index < -0.39 is 0 Å². The molecule has 2 N–H and O–H groups in total. The molecule has 2 aromatic rings. The van der Waals surface area contributed by atoms with Crippen LogP contribution in [0.3, 0.4) is 0 Å². The summed E-state index contributed by atoms with van der Waals surface area (Å²) in [6.45, 7) is 6.31. The molecule has 1 saturated heterocycles. The number of H-pyrrole nitrogens is 1. The molecule has 5 nitrogen and oxygen atoms in total. The van der Waals surface area contributed by atoms with Crippen molar-refractivity contribution in [2.45, 2.75) is 63.8 Å². The van der Waals surface area contributed by atoms with Gasteiger partial charge in [0.1, 0.15) is 6.23 Å². The van der Waals surface area contributed by atoms with E-state index >= 15 is 0 Å². The summed E-state index contributed by atoms with van der Waals surface area (Å²) in [4.78, 5) is 9.29. The molecule has 1 unspecified atom stereocenters. The summed E-state index contributed by atoms with van der Waals surface area (Å²) in [5.74, 6) is 0. The van der Waals surface area contributed by atoms with E-state index in [1.165, 1.54) is 27.5 Å². The summed E-state index contributed by atoms with van der Waals surface area (Å²) in [5, 5.41) is 3.48. The van der Waals surface area contributed by atoms with E-state index in [1.807, 2.05) is 11.3 Å². The van der Waals surface area contributed by atoms with E-state index in [0.717, 1.165) is 64.8 Å². The number of fused-ring (bicyclic) bond motifs is 3. The lowest BCUT2D eigenvalue weighted by Gasteiger charge is -2.44. The van der Waals surface area contributed by atoms with Crippen LogP contribution in [-0.2, 0) is 40.9 Å². The Labute approximate surface area is 171 Å². The van der Waals surface area contributed by atoms with Crippen molar-refractivity contribution < 1.29 is 9.47 Å². The standard InChI is InChI=1S/C22H31N3O2S/c1-3-16-13-17-20(28-16)6-11-27-22(17)7-9-25(10-8-22)14-15-12-19-18(23-15)4-5-21(24-19)26-2/h12-13,21,23-24H,3-11,14H2,1-2H3. The fourth-order valence-electron chi connectivity index (χ4n) is 5.04. The molecule has 6 heteroatoms. The van der Waals surface area contributed by atoms with Crippen LogP contribution in [0.25, 0.3) is 0 Å². The quantitative estimate of drug-likeness (QED) is 0.812. The van der Waals surface area contributed by atoms with Crippen LogP contribution in [-0.4, -0.2) is 42.9 Å². The molecule has 1 fully saturated rings. The number of likely N-dealkylation sites (tertiary alicyclic amines) is 1. The number of methoxy groups -OCH3 is 1. The van der Waals surface area contributed by atoms with Gasteiger partial charge in [-0.05, 0) is 49.8 Å². The molecule has 1 atom stereocenters. The van der Waals surface area contributed by atoms with Crippen LogP contribution in [0.5, 0.6) is 0 Å². The Morgan fingerprint density at radius 2 is 2.14 bits per heavy atom. The third kappa shape index (κ3) is 3.30. The maximum atomic E-state index is 6.43. The van der Waals surface area contributed by atoms with Crippen molar-refractivity contribution in [1.82, 2.24) is 9.88 Å². The number of hydrogen-bond acceptors (Lipinski definition) is 5. The molecule has 0 radical (unpaired) electrons. The van der Waals surface area contributed by atoms with Gasteiger partial charge in [0, 0.05) is 54.3 Å². The van der Waals surface area contributed by atoms with Gasteiger partial charge in [0.15, 0.2) is 0 Å². The molecular weight excluding hydrogens is 370 g/mol. The van der Waals surface area contributed by atoms with Crippen molar-refractivity contribution in [1.29, 1.82) is 0 Å². The Kier molecular flexibility index (Phi) is 4.99. The van der Waals surface area contributed by atoms with Crippen LogP contribution in [0.2, 0.25) is 0 Å². The smallest absolute Gasteiger partial charge is 0.127 e. The van der Waals surface area contributed by atoms with Crippen molar-refractivity contribution in [3.8, 4) is 0 Å². The number of anilines is 1. The Balaban J connectivity index is 1.25. The summed E-state index contributed by atoms with van der Waals surface area (Å²) < 4.78 is 11.9. The van der Waals surface area contributed by atoms with Crippen molar-refractivity contribution >= 4 is 17.0 Å². The fraction of sp³-hybridized carbons (Fsp3) is 0.636. The van der Waals surface area contributed by atoms with Gasteiger partial charge in [-0.2, -0.15) is 0 Å². The third-order valence-corrected chi connectivity index (χ3v) is 8.02. The average molecular weight is 402 g/mol. The van der Waals surface area contributed by atoms with Crippen LogP contribution in [0.4, 0.5) is 5.69 Å². The minimum absolute atomic E-state index is 0.0315. The number of thiophene rings is 1. The second kappa shape index (κ2) is 7.48. The number of ether oxygens (including phenoxy) is 2. The lowest BCUT2D eigenvalue weighted by atomic mass is 9.82. The van der Waals surface area contributed by atoms with Crippen LogP contribution in [0, 0.1) is 0 Å². The van der Waals surface area contributed by atoms with Gasteiger partial charge in [-0.25, -0.2) is 0 Å². The van der Waals surface area contributed by atoms with Crippen molar-refractivity contribution in [2.24, 2.45) is 0 Å². The largest absolute Gasteiger partial charge is 0.370 e. The summed E-state index contributed by atoms with van der Waals surface area (Å²) in [6, 6.07) is 4.71. The first-order valence-corrected chi connectivity index (χ1v) is 11.5. The normalized spacial score (nSPS) is 24.0. The number of aromatic nitrogens is 1. The van der Waals surface area contributed by atoms with E-state index in [4.69, 9.17) is 9.47 Å². The van der Waals surface area contributed by atoms with Gasteiger partial charge in [0.25, 0.3) is 0 Å². The predicted molar refractivity (Wildman–Crippen MR) is 113 cm³/mol. The lowest BCUT2D eigenvalue weighted by molar-refractivity contribution is -0.0982. The number of piperidine rings is 1. The SMILES string of the molecule is CCc1cc2c(s1)CCOC21CCN(Cc2cc3c([nH]2)CCC(OC)N3)CC1. The van der Waals surface area contributed by atoms with Crippen LogP contribution in [0.1, 0.15) is 52.9 Å². The van der Waals surface area contributed by atoms with E-state index in [0.29, 0.717) is 0 Å². The Hall–Kier alpha value is -1.34. The summed E-state index contributed by atoms with van der Waals surface area (Å²) in [6.07, 6.45) is 6.65. The number of aromatic amines is 1. The fourth-order valence-corrected chi connectivity index (χ4v) is 6.22. The zero-order valence-electron chi connectivity index (χ0n) is 17.0. The van der Waals surface area contributed by atoms with Crippen molar-refractivity contribution in [3.63, 3.8) is 0 Å². The monoisotopic (exact) mass is 401 g/mol. The Bertz CT molecular complexity index is 835.